The van der Waals surface area contributed by atoms with Crippen LogP contribution in [0.1, 0.15) is 77.7 Å². The lowest BCUT2D eigenvalue weighted by molar-refractivity contribution is -0.0253. The number of thioether (sulfide) groups is 1. The molecule has 4 heterocycles. The van der Waals surface area contributed by atoms with Gasteiger partial charge in [-0.3, -0.25) is 0 Å². The van der Waals surface area contributed by atoms with Crippen molar-refractivity contribution >= 4 is 17.9 Å². The Labute approximate surface area is 205 Å². The maximum Gasteiger partial charge on any atom is 0.410 e. The van der Waals surface area contributed by atoms with Gasteiger partial charge < -0.3 is 19.4 Å². The Hall–Kier alpha value is -2.22. The SMILES string of the molecule is CC(C)(C)OC(=O)N1CCC2(CC1)Oc1c(F)cccc1-c1nc(C3CCSC(C)(C)C3)[nH]c12. The van der Waals surface area contributed by atoms with Crippen LogP contribution in [0.3, 0.4) is 0 Å². The molecule has 0 saturated carbocycles. The third-order valence-corrected chi connectivity index (χ3v) is 8.39. The summed E-state index contributed by atoms with van der Waals surface area (Å²) in [5, 5.41) is 0. The van der Waals surface area contributed by atoms with Gasteiger partial charge in [0.15, 0.2) is 17.2 Å². The van der Waals surface area contributed by atoms with Crippen LogP contribution in [0.4, 0.5) is 9.18 Å². The summed E-state index contributed by atoms with van der Waals surface area (Å²) in [5.74, 6) is 2.28. The average Bonchev–Trinajstić information content (AvgIpc) is 3.20. The first-order valence-electron chi connectivity index (χ1n) is 12.2. The maximum atomic E-state index is 14.9. The van der Waals surface area contributed by atoms with Crippen molar-refractivity contribution in [2.75, 3.05) is 18.8 Å². The quantitative estimate of drug-likeness (QED) is 0.517. The van der Waals surface area contributed by atoms with Gasteiger partial charge in [0.1, 0.15) is 11.4 Å². The van der Waals surface area contributed by atoms with Crippen molar-refractivity contribution in [1.82, 2.24) is 14.9 Å². The summed E-state index contributed by atoms with van der Waals surface area (Å²) >= 11 is 2.01. The number of hydrogen-bond donors (Lipinski definition) is 1. The number of aromatic nitrogens is 2. The standard InChI is InChI=1S/C26H34FN3O3S/c1-24(2,3)33-23(31)30-12-10-26(11-13-30)21-19(17-7-6-8-18(27)20(17)32-26)28-22(29-21)16-9-14-34-25(4,5)15-16/h6-8,16H,9-15H2,1-5H3,(H,28,29). The van der Waals surface area contributed by atoms with Gasteiger partial charge in [-0.2, -0.15) is 11.8 Å². The number of carbonyl (C=O) groups excluding carboxylic acids is 1. The molecule has 1 N–H and O–H groups in total. The van der Waals surface area contributed by atoms with Crippen LogP contribution in [0.15, 0.2) is 18.2 Å². The summed E-state index contributed by atoms with van der Waals surface area (Å²) in [6.07, 6.45) is 2.87. The van der Waals surface area contributed by atoms with Crippen LogP contribution in [0.5, 0.6) is 5.75 Å². The fourth-order valence-electron chi connectivity index (χ4n) is 5.35. The minimum absolute atomic E-state index is 0.202. The molecule has 2 saturated heterocycles. The molecule has 1 aromatic carbocycles. The molecule has 2 fully saturated rings. The van der Waals surface area contributed by atoms with Crippen molar-refractivity contribution in [1.29, 1.82) is 0 Å². The highest BCUT2D eigenvalue weighted by atomic mass is 32.2. The first kappa shape index (κ1) is 23.5. The highest BCUT2D eigenvalue weighted by Gasteiger charge is 2.48. The van der Waals surface area contributed by atoms with Crippen LogP contribution in [0.2, 0.25) is 0 Å². The highest BCUT2D eigenvalue weighted by Crippen LogP contribution is 2.51. The first-order chi connectivity index (χ1) is 16.0. The van der Waals surface area contributed by atoms with Crippen molar-refractivity contribution in [2.24, 2.45) is 0 Å². The van der Waals surface area contributed by atoms with Gasteiger partial charge in [-0.15, -0.1) is 0 Å². The zero-order chi connectivity index (χ0) is 24.3. The third kappa shape index (κ3) is 4.30. The van der Waals surface area contributed by atoms with Crippen molar-refractivity contribution in [3.8, 4) is 17.0 Å². The van der Waals surface area contributed by atoms with Gasteiger partial charge in [0, 0.05) is 42.2 Å². The molecule has 0 aliphatic carbocycles. The second-order valence-electron chi connectivity index (χ2n) is 11.3. The van der Waals surface area contributed by atoms with Gasteiger partial charge in [0.05, 0.1) is 11.4 Å². The fourth-order valence-corrected chi connectivity index (χ4v) is 6.62. The van der Waals surface area contributed by atoms with Crippen LogP contribution in [-0.4, -0.2) is 50.2 Å². The van der Waals surface area contributed by atoms with Crippen molar-refractivity contribution in [3.05, 3.63) is 35.5 Å². The molecule has 34 heavy (non-hydrogen) atoms. The van der Waals surface area contributed by atoms with E-state index in [-0.39, 0.29) is 22.4 Å². The van der Waals surface area contributed by atoms with E-state index >= 15 is 0 Å². The number of ether oxygens (including phenoxy) is 2. The number of nitrogens with one attached hydrogen (secondary N) is 1. The molecular weight excluding hydrogens is 453 g/mol. The predicted octanol–water partition coefficient (Wildman–Crippen LogP) is 6.22. The van der Waals surface area contributed by atoms with Crippen LogP contribution >= 0.6 is 11.8 Å². The lowest BCUT2D eigenvalue weighted by atomic mass is 9.83. The van der Waals surface area contributed by atoms with E-state index in [4.69, 9.17) is 14.5 Å². The average molecular weight is 488 g/mol. The number of benzene rings is 1. The van der Waals surface area contributed by atoms with Gasteiger partial charge in [-0.1, -0.05) is 19.9 Å². The third-order valence-electron chi connectivity index (χ3n) is 7.00. The molecular formula is C26H34FN3O3S. The van der Waals surface area contributed by atoms with Crippen molar-refractivity contribution in [3.63, 3.8) is 0 Å². The van der Waals surface area contributed by atoms with Gasteiger partial charge >= 0.3 is 6.09 Å². The summed E-state index contributed by atoms with van der Waals surface area (Å²) in [4.78, 5) is 23.1. The number of carbonyl (C=O) groups is 1. The number of fused-ring (bicyclic) bond motifs is 4. The number of rotatable bonds is 1. The minimum Gasteiger partial charge on any atom is -0.477 e. The van der Waals surface area contributed by atoms with E-state index in [1.165, 1.54) is 6.07 Å². The van der Waals surface area contributed by atoms with Crippen LogP contribution < -0.4 is 4.74 Å². The molecule has 5 rings (SSSR count). The van der Waals surface area contributed by atoms with Gasteiger partial charge in [0.2, 0.25) is 0 Å². The Balaban J connectivity index is 1.48. The van der Waals surface area contributed by atoms with Gasteiger partial charge in [0.25, 0.3) is 0 Å². The molecule has 1 atom stereocenters. The van der Waals surface area contributed by atoms with Crippen LogP contribution in [0, 0.1) is 5.82 Å². The second kappa shape index (κ2) is 8.18. The first-order valence-corrected chi connectivity index (χ1v) is 13.2. The monoisotopic (exact) mass is 487 g/mol. The molecule has 3 aliphatic rings. The summed E-state index contributed by atoms with van der Waals surface area (Å²) in [5.41, 5.74) is 1.11. The number of nitrogens with zero attached hydrogens (tertiary/aromatic N) is 2. The topological polar surface area (TPSA) is 67.4 Å². The smallest absolute Gasteiger partial charge is 0.410 e. The zero-order valence-electron chi connectivity index (χ0n) is 20.7. The minimum atomic E-state index is -0.743. The highest BCUT2D eigenvalue weighted by molar-refractivity contribution is 8.00. The number of hydrogen-bond acceptors (Lipinski definition) is 5. The van der Waals surface area contributed by atoms with E-state index in [1.807, 2.05) is 38.6 Å². The molecule has 8 heteroatoms. The fraction of sp³-hybridized carbons (Fsp3) is 0.615. The van der Waals surface area contributed by atoms with E-state index in [0.717, 1.165) is 35.8 Å². The summed E-state index contributed by atoms with van der Waals surface area (Å²) < 4.78 is 27.1. The van der Waals surface area contributed by atoms with E-state index in [0.29, 0.717) is 37.4 Å². The molecule has 0 radical (unpaired) electrons. The Kier molecular flexibility index (Phi) is 5.66. The van der Waals surface area contributed by atoms with Crippen LogP contribution in [-0.2, 0) is 10.3 Å². The second-order valence-corrected chi connectivity index (χ2v) is 13.1. The molecule has 1 aromatic heterocycles. The lowest BCUT2D eigenvalue weighted by Gasteiger charge is -2.43. The molecule has 1 spiro atoms. The summed E-state index contributed by atoms with van der Waals surface area (Å²) in [6, 6.07) is 5.02. The summed E-state index contributed by atoms with van der Waals surface area (Å²) in [6.45, 7) is 11.1. The van der Waals surface area contributed by atoms with E-state index in [9.17, 15) is 9.18 Å². The maximum absolute atomic E-state index is 14.9. The molecule has 1 unspecified atom stereocenters. The Bertz CT molecular complexity index is 1100. The van der Waals surface area contributed by atoms with Gasteiger partial charge in [-0.05, 0) is 51.5 Å². The van der Waals surface area contributed by atoms with E-state index in [2.05, 4.69) is 18.8 Å². The van der Waals surface area contributed by atoms with Crippen molar-refractivity contribution in [2.45, 2.75) is 82.2 Å². The number of halogens is 1. The zero-order valence-corrected chi connectivity index (χ0v) is 21.5. The number of likely N-dealkylation sites (tertiary alicyclic amines) is 1. The number of aromatic amines is 1. The van der Waals surface area contributed by atoms with E-state index in [1.54, 1.807) is 11.0 Å². The Morgan fingerprint density at radius 3 is 2.71 bits per heavy atom. The Morgan fingerprint density at radius 1 is 1.29 bits per heavy atom. The van der Waals surface area contributed by atoms with Gasteiger partial charge in [-0.25, -0.2) is 14.2 Å². The largest absolute Gasteiger partial charge is 0.477 e. The van der Waals surface area contributed by atoms with E-state index < -0.39 is 11.2 Å². The predicted molar refractivity (Wildman–Crippen MR) is 132 cm³/mol. The number of imidazole rings is 1. The number of H-pyrrole nitrogens is 1. The normalized spacial score (nSPS) is 23.1. The summed E-state index contributed by atoms with van der Waals surface area (Å²) in [7, 11) is 0. The molecule has 0 bridgehead atoms. The Morgan fingerprint density at radius 2 is 2.03 bits per heavy atom. The lowest BCUT2D eigenvalue weighted by Crippen LogP contribution is -2.50. The molecule has 6 nitrogen and oxygen atoms in total. The molecule has 1 amide bonds. The molecule has 2 aromatic rings. The molecule has 184 valence electrons. The van der Waals surface area contributed by atoms with Crippen LogP contribution in [0.25, 0.3) is 11.3 Å². The number of para-hydroxylation sites is 1. The van der Waals surface area contributed by atoms with Crippen molar-refractivity contribution < 1.29 is 18.7 Å². The molecule has 3 aliphatic heterocycles. The number of piperidine rings is 1. The number of amides is 1.